The first kappa shape index (κ1) is 13.4. The number of amides is 2. The third-order valence-corrected chi connectivity index (χ3v) is 4.95. The maximum Gasteiger partial charge on any atom is 0.247 e. The van der Waals surface area contributed by atoms with Crippen LogP contribution < -0.4 is 5.32 Å². The Morgan fingerprint density at radius 2 is 2.35 bits per heavy atom. The molecule has 0 radical (unpaired) electrons. The number of piperidine rings is 2. The van der Waals surface area contributed by atoms with Crippen molar-refractivity contribution in [2.24, 2.45) is 5.92 Å². The average Bonchev–Trinajstić information content (AvgIpc) is 2.20. The first-order chi connectivity index (χ1) is 8.05. The lowest BCUT2D eigenvalue weighted by atomic mass is 9.63. The molecule has 7 heteroatoms. The number of carbonyl (C=O) groups is 2. The summed E-state index contributed by atoms with van der Waals surface area (Å²) in [5, 5.41) is 12.1. The summed E-state index contributed by atoms with van der Waals surface area (Å²) in [7, 11) is 1.43. The summed E-state index contributed by atoms with van der Waals surface area (Å²) in [5.74, 6) is 0.274. The van der Waals surface area contributed by atoms with Gasteiger partial charge in [0, 0.05) is 12.5 Å². The Morgan fingerprint density at radius 3 is 2.82 bits per heavy atom. The first-order valence-corrected chi connectivity index (χ1v) is 9.11. The van der Waals surface area contributed by atoms with E-state index in [0.29, 0.717) is 25.1 Å². The van der Waals surface area contributed by atoms with E-state index in [2.05, 4.69) is 26.5 Å². The Kier molecular flexibility index (Phi) is 3.89. The highest BCUT2D eigenvalue weighted by molar-refractivity contribution is 14.2. The second-order valence-corrected chi connectivity index (χ2v) is 6.88. The molecule has 0 aromatic rings. The van der Waals surface area contributed by atoms with Gasteiger partial charge in [-0.3, -0.25) is 9.59 Å². The fourth-order valence-corrected chi connectivity index (χ4v) is 3.84. The van der Waals surface area contributed by atoms with Gasteiger partial charge in [0.2, 0.25) is 11.8 Å². The molecule has 0 aromatic carbocycles. The third-order valence-electron chi connectivity index (χ3n) is 3.66. The Labute approximate surface area is 116 Å². The summed E-state index contributed by atoms with van der Waals surface area (Å²) in [6, 6.07) is 0. The predicted molar refractivity (Wildman–Crippen MR) is 73.5 cm³/mol. The molecule has 1 atom stereocenters. The van der Waals surface area contributed by atoms with E-state index in [4.69, 9.17) is 0 Å². The fourth-order valence-electron chi connectivity index (χ4n) is 2.79. The van der Waals surface area contributed by atoms with E-state index in [1.165, 1.54) is 8.93 Å². The average molecular weight is 370 g/mol. The smallest absolute Gasteiger partial charge is 0.247 e. The fraction of sp³-hybridized carbons (Fsp3) is 0.800. The van der Waals surface area contributed by atoms with E-state index in [9.17, 15) is 14.7 Å². The first-order valence-electron chi connectivity index (χ1n) is 5.58. The Hall–Kier alpha value is -0.0200. The summed E-state index contributed by atoms with van der Waals surface area (Å²) in [6.45, 7) is 2.42. The molecule has 3 aliphatic rings. The van der Waals surface area contributed by atoms with Gasteiger partial charge in [-0.05, 0) is 41.0 Å². The lowest BCUT2D eigenvalue weighted by Crippen LogP contribution is -2.75. The molecule has 3 fully saturated rings. The van der Waals surface area contributed by atoms with Gasteiger partial charge in [0.05, 0.1) is 5.75 Å². The predicted octanol–water partition coefficient (Wildman–Crippen LogP) is 0.515. The van der Waals surface area contributed by atoms with Gasteiger partial charge in [-0.1, -0.05) is 8.93 Å². The molecule has 1 saturated carbocycles. The quantitative estimate of drug-likeness (QED) is 0.708. The standard InChI is InChI=1S/C10H15IN2O3S/c1-2-13(7(14)5-17-11)10-3-6(4-10)8(15)12-9(10)16/h6,8,15H,2-5H2,1H3,(H,12,16). The summed E-state index contributed by atoms with van der Waals surface area (Å²) < 4.78 is 0. The van der Waals surface area contributed by atoms with Crippen LogP contribution in [0, 0.1) is 5.92 Å². The molecular formula is C10H15IN2O3S. The number of aliphatic hydroxyl groups excluding tert-OH is 1. The van der Waals surface area contributed by atoms with Gasteiger partial charge in [0.15, 0.2) is 0 Å². The van der Waals surface area contributed by atoms with Gasteiger partial charge < -0.3 is 15.3 Å². The van der Waals surface area contributed by atoms with Crippen LogP contribution >= 0.6 is 30.1 Å². The molecule has 2 amide bonds. The summed E-state index contributed by atoms with van der Waals surface area (Å²) >= 11 is 2.08. The van der Waals surface area contributed by atoms with Gasteiger partial charge >= 0.3 is 0 Å². The van der Waals surface area contributed by atoms with Crippen molar-refractivity contribution in [3.05, 3.63) is 0 Å². The van der Waals surface area contributed by atoms with Crippen LogP contribution in [0.15, 0.2) is 0 Å². The van der Waals surface area contributed by atoms with Crippen molar-refractivity contribution >= 4 is 42.0 Å². The van der Waals surface area contributed by atoms with E-state index < -0.39 is 11.8 Å². The molecule has 2 N–H and O–H groups in total. The number of hydrogen-bond donors (Lipinski definition) is 2. The van der Waals surface area contributed by atoms with Crippen molar-refractivity contribution in [3.8, 4) is 0 Å². The van der Waals surface area contributed by atoms with Gasteiger partial charge in [-0.2, -0.15) is 0 Å². The number of fused-ring (bicyclic) bond motifs is 2. The summed E-state index contributed by atoms with van der Waals surface area (Å²) in [4.78, 5) is 25.7. The van der Waals surface area contributed by atoms with Crippen LogP contribution in [0.4, 0.5) is 0 Å². The van der Waals surface area contributed by atoms with Crippen LogP contribution in [-0.2, 0) is 9.59 Å². The third kappa shape index (κ3) is 2.06. The number of nitrogens with zero attached hydrogens (tertiary/aromatic N) is 1. The minimum Gasteiger partial charge on any atom is -0.373 e. The highest BCUT2D eigenvalue weighted by atomic mass is 127. The molecule has 1 unspecified atom stereocenters. The van der Waals surface area contributed by atoms with Crippen molar-refractivity contribution in [2.75, 3.05) is 12.3 Å². The molecule has 0 aromatic heterocycles. The lowest BCUT2D eigenvalue weighted by molar-refractivity contribution is -0.176. The Bertz CT molecular complexity index is 346. The molecule has 96 valence electrons. The van der Waals surface area contributed by atoms with E-state index in [1.807, 2.05) is 6.92 Å². The number of aliphatic hydroxyl groups is 1. The van der Waals surface area contributed by atoms with Crippen LogP contribution in [0.3, 0.4) is 0 Å². The second kappa shape index (κ2) is 4.93. The minimum absolute atomic E-state index is 0.00288. The molecule has 5 nitrogen and oxygen atoms in total. The second-order valence-electron chi connectivity index (χ2n) is 4.51. The Balaban J connectivity index is 2.15. The zero-order chi connectivity index (χ0) is 12.6. The molecule has 0 spiro atoms. The summed E-state index contributed by atoms with van der Waals surface area (Å²) in [5.41, 5.74) is -0.692. The van der Waals surface area contributed by atoms with Crippen molar-refractivity contribution in [3.63, 3.8) is 0 Å². The van der Waals surface area contributed by atoms with Crippen LogP contribution in [-0.4, -0.2) is 45.9 Å². The largest absolute Gasteiger partial charge is 0.373 e. The van der Waals surface area contributed by atoms with Crippen molar-refractivity contribution in [1.29, 1.82) is 0 Å². The molecule has 2 saturated heterocycles. The van der Waals surface area contributed by atoms with E-state index in [-0.39, 0.29) is 17.7 Å². The monoisotopic (exact) mass is 370 g/mol. The van der Waals surface area contributed by atoms with Crippen molar-refractivity contribution in [2.45, 2.75) is 31.5 Å². The highest BCUT2D eigenvalue weighted by Gasteiger charge is 2.61. The summed E-state index contributed by atoms with van der Waals surface area (Å²) in [6.07, 6.45) is 0.439. The zero-order valence-corrected chi connectivity index (χ0v) is 12.5. The molecule has 2 bridgehead atoms. The molecule has 17 heavy (non-hydrogen) atoms. The molecule has 3 rings (SSSR count). The van der Waals surface area contributed by atoms with Gasteiger partial charge in [0.1, 0.15) is 11.8 Å². The van der Waals surface area contributed by atoms with Crippen LogP contribution in [0.2, 0.25) is 0 Å². The van der Waals surface area contributed by atoms with Crippen molar-refractivity contribution in [1.82, 2.24) is 10.2 Å². The van der Waals surface area contributed by atoms with Crippen molar-refractivity contribution < 1.29 is 14.7 Å². The van der Waals surface area contributed by atoms with Gasteiger partial charge in [-0.15, -0.1) is 0 Å². The van der Waals surface area contributed by atoms with Gasteiger partial charge in [0.25, 0.3) is 0 Å². The van der Waals surface area contributed by atoms with Gasteiger partial charge in [-0.25, -0.2) is 0 Å². The topological polar surface area (TPSA) is 69.6 Å². The van der Waals surface area contributed by atoms with Crippen LogP contribution in [0.25, 0.3) is 0 Å². The van der Waals surface area contributed by atoms with E-state index in [1.54, 1.807) is 4.90 Å². The number of halogens is 1. The SMILES string of the molecule is CCN(C(=O)CSI)C12CC(C1)C(O)NC2=O. The van der Waals surface area contributed by atoms with Crippen LogP contribution in [0.5, 0.6) is 0 Å². The zero-order valence-electron chi connectivity index (χ0n) is 9.48. The normalized spacial score (nSPS) is 34.9. The lowest BCUT2D eigenvalue weighted by Gasteiger charge is -2.57. The number of nitrogens with one attached hydrogen (secondary N) is 1. The number of hydrogen-bond acceptors (Lipinski definition) is 4. The maximum absolute atomic E-state index is 12.0. The molecular weight excluding hydrogens is 355 g/mol. The molecule has 2 aliphatic heterocycles. The number of carbonyl (C=O) groups excluding carboxylic acids is 2. The minimum atomic E-state index is -0.739. The highest BCUT2D eigenvalue weighted by Crippen LogP contribution is 2.47. The maximum atomic E-state index is 12.0. The van der Waals surface area contributed by atoms with E-state index in [0.717, 1.165) is 0 Å². The Morgan fingerprint density at radius 1 is 1.71 bits per heavy atom. The number of likely N-dealkylation sites (N-methyl/N-ethyl adjacent to an activating group) is 1. The number of rotatable bonds is 4. The molecule has 2 heterocycles. The van der Waals surface area contributed by atoms with E-state index >= 15 is 0 Å². The van der Waals surface area contributed by atoms with Crippen LogP contribution in [0.1, 0.15) is 19.8 Å². The molecule has 1 aliphatic carbocycles.